The molecule has 1 N–H and O–H groups in total. The minimum atomic E-state index is 0.623. The average molecular weight is 292 g/mol. The van der Waals surface area contributed by atoms with Crippen LogP contribution >= 0.6 is 0 Å². The van der Waals surface area contributed by atoms with Crippen molar-refractivity contribution in [2.75, 3.05) is 0 Å². The van der Waals surface area contributed by atoms with Gasteiger partial charge in [0.2, 0.25) is 0 Å². The molecule has 1 nitrogen and oxygen atoms in total. The zero-order valence-electron chi connectivity index (χ0n) is 15.4. The number of hydrogen-bond donors (Lipinski definition) is 1. The van der Waals surface area contributed by atoms with E-state index >= 15 is 0 Å². The maximum absolute atomic E-state index is 3.86. The van der Waals surface area contributed by atoms with Gasteiger partial charge in [0.15, 0.2) is 0 Å². The van der Waals surface area contributed by atoms with E-state index in [2.05, 4.69) is 50.7 Å². The van der Waals surface area contributed by atoms with Crippen LogP contribution in [0, 0.1) is 0 Å². The van der Waals surface area contributed by atoms with Crippen LogP contribution in [-0.2, 0) is 0 Å². The Balaban J connectivity index is 0. The van der Waals surface area contributed by atoms with Gasteiger partial charge in [-0.25, -0.2) is 0 Å². The van der Waals surface area contributed by atoms with Crippen LogP contribution in [0.4, 0.5) is 0 Å². The van der Waals surface area contributed by atoms with Gasteiger partial charge in [-0.3, -0.25) is 0 Å². The van der Waals surface area contributed by atoms with E-state index < -0.39 is 0 Å². The molecule has 1 aromatic rings. The van der Waals surface area contributed by atoms with Gasteiger partial charge in [-0.2, -0.15) is 0 Å². The monoisotopic (exact) mass is 291 g/mol. The number of nitrogens with one attached hydrogen (secondary N) is 1. The summed E-state index contributed by atoms with van der Waals surface area (Å²) in [6.07, 6.45) is 13.5. The first kappa shape index (κ1) is 22.0. The maximum Gasteiger partial charge on any atom is 0.0450 e. The fourth-order valence-electron chi connectivity index (χ4n) is 2.25. The van der Waals surface area contributed by atoms with Gasteiger partial charge in [0.25, 0.3) is 0 Å². The Morgan fingerprint density at radius 3 is 2.29 bits per heavy atom. The summed E-state index contributed by atoms with van der Waals surface area (Å²) < 4.78 is 0. The third-order valence-corrected chi connectivity index (χ3v) is 3.29. The standard InChI is InChI=1S/C16H25N.2C2H6/c1-5-8-9-11-13(4)15-12-17-16(7-3)14(15)10-6-2;2*1-2/h6-7,10,12-13,17H,3,5,8-9,11H2,1-2,4H3;2*1-2H3/b10-6-;;. The Morgan fingerprint density at radius 1 is 1.19 bits per heavy atom. The van der Waals surface area contributed by atoms with Crippen LogP contribution in [0.1, 0.15) is 96.9 Å². The Labute approximate surface area is 133 Å². The van der Waals surface area contributed by atoms with Gasteiger partial charge in [-0.1, -0.05) is 79.5 Å². The summed E-state index contributed by atoms with van der Waals surface area (Å²) in [4.78, 5) is 3.31. The van der Waals surface area contributed by atoms with E-state index in [1.807, 2.05) is 33.8 Å². The SMILES string of the molecule is C=Cc1[nH]cc(C(C)CCCCC)c1/C=C\C.CC.CC. The van der Waals surface area contributed by atoms with Crippen molar-refractivity contribution < 1.29 is 0 Å². The van der Waals surface area contributed by atoms with Crippen LogP contribution < -0.4 is 0 Å². The summed E-state index contributed by atoms with van der Waals surface area (Å²) in [7, 11) is 0. The number of unbranched alkanes of at least 4 members (excludes halogenated alkanes) is 2. The van der Waals surface area contributed by atoms with Gasteiger partial charge in [-0.05, 0) is 30.9 Å². The molecule has 122 valence electrons. The third-order valence-electron chi connectivity index (χ3n) is 3.29. The number of hydrogen-bond acceptors (Lipinski definition) is 0. The highest BCUT2D eigenvalue weighted by molar-refractivity contribution is 5.65. The molecule has 0 amide bonds. The first-order valence-corrected chi connectivity index (χ1v) is 8.71. The predicted octanol–water partition coefficient (Wildman–Crippen LogP) is 7.43. The molecule has 0 spiro atoms. The molecule has 1 aromatic heterocycles. The molecule has 1 heteroatoms. The summed E-state index contributed by atoms with van der Waals surface area (Å²) >= 11 is 0. The number of aromatic nitrogens is 1. The highest BCUT2D eigenvalue weighted by Gasteiger charge is 2.12. The van der Waals surface area contributed by atoms with E-state index in [4.69, 9.17) is 0 Å². The molecule has 0 saturated carbocycles. The molecule has 1 heterocycles. The second-order valence-electron chi connectivity index (χ2n) is 4.67. The lowest BCUT2D eigenvalue weighted by Gasteiger charge is -2.11. The Hall–Kier alpha value is -1.24. The van der Waals surface area contributed by atoms with Crippen molar-refractivity contribution in [2.45, 2.75) is 80.1 Å². The highest BCUT2D eigenvalue weighted by atomic mass is 14.7. The molecule has 0 radical (unpaired) electrons. The van der Waals surface area contributed by atoms with Crippen LogP contribution in [0.25, 0.3) is 12.2 Å². The number of allylic oxidation sites excluding steroid dienone is 1. The summed E-state index contributed by atoms with van der Waals surface area (Å²) in [5, 5.41) is 0. The summed E-state index contributed by atoms with van der Waals surface area (Å²) in [5.74, 6) is 0.623. The van der Waals surface area contributed by atoms with Gasteiger partial charge in [0.1, 0.15) is 0 Å². The fourth-order valence-corrected chi connectivity index (χ4v) is 2.25. The zero-order chi connectivity index (χ0) is 16.7. The molecule has 1 unspecified atom stereocenters. The molecule has 0 bridgehead atoms. The third kappa shape index (κ3) is 7.94. The molecule has 0 aromatic carbocycles. The fraction of sp³-hybridized carbons (Fsp3) is 0.600. The molecule has 1 rings (SSSR count). The Bertz CT molecular complexity index is 371. The first-order valence-electron chi connectivity index (χ1n) is 8.71. The van der Waals surface area contributed by atoms with Crippen LogP contribution in [0.15, 0.2) is 18.9 Å². The van der Waals surface area contributed by atoms with Crippen LogP contribution in [0.2, 0.25) is 0 Å². The molecular weight excluding hydrogens is 254 g/mol. The normalized spacial score (nSPS) is 11.2. The molecule has 0 aliphatic rings. The van der Waals surface area contributed by atoms with Crippen molar-refractivity contribution in [3.63, 3.8) is 0 Å². The second kappa shape index (κ2) is 15.2. The minimum Gasteiger partial charge on any atom is -0.361 e. The molecule has 1 atom stereocenters. The summed E-state index contributed by atoms with van der Waals surface area (Å²) in [5.41, 5.74) is 3.88. The highest BCUT2D eigenvalue weighted by Crippen LogP contribution is 2.28. The lowest BCUT2D eigenvalue weighted by atomic mass is 9.93. The summed E-state index contributed by atoms with van der Waals surface area (Å²) in [6.45, 7) is 18.5. The lowest BCUT2D eigenvalue weighted by Crippen LogP contribution is -1.94. The van der Waals surface area contributed by atoms with E-state index in [1.54, 1.807) is 0 Å². The zero-order valence-corrected chi connectivity index (χ0v) is 15.4. The van der Waals surface area contributed by atoms with E-state index in [-0.39, 0.29) is 0 Å². The van der Waals surface area contributed by atoms with E-state index in [9.17, 15) is 0 Å². The molecule has 0 aliphatic carbocycles. The van der Waals surface area contributed by atoms with Gasteiger partial charge in [-0.15, -0.1) is 0 Å². The number of aromatic amines is 1. The van der Waals surface area contributed by atoms with Crippen molar-refractivity contribution >= 4 is 12.2 Å². The van der Waals surface area contributed by atoms with Crippen LogP contribution in [0.3, 0.4) is 0 Å². The topological polar surface area (TPSA) is 15.8 Å². The predicted molar refractivity (Wildman–Crippen MR) is 101 cm³/mol. The van der Waals surface area contributed by atoms with Gasteiger partial charge >= 0.3 is 0 Å². The van der Waals surface area contributed by atoms with Crippen LogP contribution in [-0.4, -0.2) is 4.98 Å². The van der Waals surface area contributed by atoms with Crippen molar-refractivity contribution in [2.24, 2.45) is 0 Å². The van der Waals surface area contributed by atoms with Gasteiger partial charge in [0.05, 0.1) is 0 Å². The van der Waals surface area contributed by atoms with E-state index in [1.165, 1.54) is 36.8 Å². The van der Waals surface area contributed by atoms with Crippen molar-refractivity contribution in [1.82, 2.24) is 4.98 Å². The van der Waals surface area contributed by atoms with Gasteiger partial charge < -0.3 is 4.98 Å². The molecular formula is C20H37N. The average Bonchev–Trinajstić information content (AvgIpc) is 2.95. The van der Waals surface area contributed by atoms with Crippen molar-refractivity contribution in [3.8, 4) is 0 Å². The molecule has 0 saturated heterocycles. The first-order chi connectivity index (χ1) is 10.2. The molecule has 0 fully saturated rings. The molecule has 0 aliphatic heterocycles. The molecule has 21 heavy (non-hydrogen) atoms. The second-order valence-corrected chi connectivity index (χ2v) is 4.67. The van der Waals surface area contributed by atoms with Crippen molar-refractivity contribution in [3.05, 3.63) is 35.7 Å². The Kier molecular flexibility index (Phi) is 15.9. The van der Waals surface area contributed by atoms with Crippen LogP contribution in [0.5, 0.6) is 0 Å². The van der Waals surface area contributed by atoms with Crippen molar-refractivity contribution in [1.29, 1.82) is 0 Å². The quantitative estimate of drug-likeness (QED) is 0.503. The number of rotatable bonds is 7. The summed E-state index contributed by atoms with van der Waals surface area (Å²) in [6, 6.07) is 0. The lowest BCUT2D eigenvalue weighted by molar-refractivity contribution is 0.598. The largest absolute Gasteiger partial charge is 0.361 e. The Morgan fingerprint density at radius 2 is 1.81 bits per heavy atom. The minimum absolute atomic E-state index is 0.623. The van der Waals surface area contributed by atoms with E-state index in [0.29, 0.717) is 5.92 Å². The number of H-pyrrole nitrogens is 1. The van der Waals surface area contributed by atoms with Gasteiger partial charge in [0, 0.05) is 17.5 Å². The smallest absolute Gasteiger partial charge is 0.0450 e. The maximum atomic E-state index is 3.86. The van der Waals surface area contributed by atoms with E-state index in [0.717, 1.165) is 5.69 Å².